The number of hydrogen-bond donors (Lipinski definition) is 1. The van der Waals surface area contributed by atoms with Crippen LogP contribution in [0.25, 0.3) is 0 Å². The molecule has 1 heterocycles. The molecule has 1 atom stereocenters. The summed E-state index contributed by atoms with van der Waals surface area (Å²) in [5, 5.41) is 0. The summed E-state index contributed by atoms with van der Waals surface area (Å²) in [7, 11) is 0. The highest BCUT2D eigenvalue weighted by Crippen LogP contribution is 2.37. The molecule has 0 amide bonds. The molecule has 1 unspecified atom stereocenters. The summed E-state index contributed by atoms with van der Waals surface area (Å²) < 4.78 is 18.7. The molecule has 1 aromatic rings. The number of ether oxygens (including phenoxy) is 1. The highest BCUT2D eigenvalue weighted by Gasteiger charge is 2.40. The van der Waals surface area contributed by atoms with Gasteiger partial charge in [-0.25, -0.2) is 4.39 Å². The van der Waals surface area contributed by atoms with E-state index >= 15 is 0 Å². The number of nitrogens with two attached hydrogens (primary N) is 1. The molecule has 2 nitrogen and oxygen atoms in total. The zero-order valence-electron chi connectivity index (χ0n) is 7.29. The fourth-order valence-electron chi connectivity index (χ4n) is 1.66. The van der Waals surface area contributed by atoms with Crippen LogP contribution in [-0.2, 0) is 10.3 Å². The second kappa shape index (κ2) is 3.09. The average Bonchev–Trinajstić information content (AvgIpc) is 2.07. The van der Waals surface area contributed by atoms with Crippen LogP contribution in [0.1, 0.15) is 12.0 Å². The molecule has 3 heteroatoms. The molecule has 13 heavy (non-hydrogen) atoms. The molecule has 0 radical (unpaired) electrons. The van der Waals surface area contributed by atoms with E-state index in [4.69, 9.17) is 10.5 Å². The molecular formula is C10H12FNO. The number of rotatable bonds is 2. The van der Waals surface area contributed by atoms with E-state index in [1.807, 2.05) is 0 Å². The molecule has 2 rings (SSSR count). The minimum Gasteiger partial charge on any atom is -0.369 e. The Morgan fingerprint density at radius 3 is 2.62 bits per heavy atom. The quantitative estimate of drug-likeness (QED) is 0.748. The smallest absolute Gasteiger partial charge is 0.129 e. The average molecular weight is 181 g/mol. The highest BCUT2D eigenvalue weighted by atomic mass is 19.1. The zero-order valence-corrected chi connectivity index (χ0v) is 7.29. The molecule has 1 aliphatic rings. The molecular weight excluding hydrogens is 169 g/mol. The van der Waals surface area contributed by atoms with Crippen molar-refractivity contribution in [1.82, 2.24) is 0 Å². The van der Waals surface area contributed by atoms with Gasteiger partial charge in [-0.3, -0.25) is 0 Å². The normalized spacial score (nSPS) is 26.9. The van der Waals surface area contributed by atoms with E-state index in [1.54, 1.807) is 18.2 Å². The van der Waals surface area contributed by atoms with E-state index in [0.717, 1.165) is 6.42 Å². The van der Waals surface area contributed by atoms with Crippen LogP contribution in [-0.4, -0.2) is 13.2 Å². The van der Waals surface area contributed by atoms with Gasteiger partial charge in [-0.05, 0) is 6.07 Å². The predicted molar refractivity (Wildman–Crippen MR) is 47.7 cm³/mol. The van der Waals surface area contributed by atoms with Crippen LogP contribution < -0.4 is 5.73 Å². The molecule has 0 bridgehead atoms. The van der Waals surface area contributed by atoms with Gasteiger partial charge in [0.25, 0.3) is 0 Å². The van der Waals surface area contributed by atoms with E-state index in [-0.39, 0.29) is 5.82 Å². The van der Waals surface area contributed by atoms with Gasteiger partial charge in [0.05, 0.1) is 6.61 Å². The molecule has 0 aliphatic carbocycles. The summed E-state index contributed by atoms with van der Waals surface area (Å²) in [6.45, 7) is 1.01. The molecule has 1 aromatic carbocycles. The van der Waals surface area contributed by atoms with E-state index in [0.29, 0.717) is 18.7 Å². The Labute approximate surface area is 76.5 Å². The molecule has 1 fully saturated rings. The van der Waals surface area contributed by atoms with Gasteiger partial charge in [0.2, 0.25) is 0 Å². The van der Waals surface area contributed by atoms with Crippen molar-refractivity contribution in [2.75, 3.05) is 13.2 Å². The number of benzene rings is 1. The van der Waals surface area contributed by atoms with Crippen molar-refractivity contribution in [3.63, 3.8) is 0 Å². The Balaban J connectivity index is 2.38. The third kappa shape index (κ3) is 1.24. The first-order valence-corrected chi connectivity index (χ1v) is 4.37. The second-order valence-electron chi connectivity index (χ2n) is 3.28. The van der Waals surface area contributed by atoms with Gasteiger partial charge in [0.1, 0.15) is 11.4 Å². The largest absolute Gasteiger partial charge is 0.369 e. The standard InChI is InChI=1S/C10H12FNO/c11-9-4-2-1-3-8(9)10(7-12)5-6-13-10/h1-4H,5-7,12H2. The molecule has 1 aliphatic heterocycles. The van der Waals surface area contributed by atoms with Crippen LogP contribution in [0.15, 0.2) is 24.3 Å². The molecule has 0 saturated carbocycles. The van der Waals surface area contributed by atoms with E-state index in [2.05, 4.69) is 0 Å². The Morgan fingerprint density at radius 1 is 1.46 bits per heavy atom. The minimum atomic E-state index is -0.550. The summed E-state index contributed by atoms with van der Waals surface area (Å²) in [5.41, 5.74) is 5.61. The summed E-state index contributed by atoms with van der Waals surface area (Å²) in [4.78, 5) is 0. The molecule has 1 saturated heterocycles. The molecule has 0 spiro atoms. The van der Waals surface area contributed by atoms with Gasteiger partial charge < -0.3 is 10.5 Å². The van der Waals surface area contributed by atoms with Crippen LogP contribution in [0.5, 0.6) is 0 Å². The van der Waals surface area contributed by atoms with Gasteiger partial charge in [-0.1, -0.05) is 18.2 Å². The van der Waals surface area contributed by atoms with Crippen LogP contribution in [0.4, 0.5) is 4.39 Å². The summed E-state index contributed by atoms with van der Waals surface area (Å²) in [6, 6.07) is 6.65. The second-order valence-corrected chi connectivity index (χ2v) is 3.28. The van der Waals surface area contributed by atoms with Crippen molar-refractivity contribution in [1.29, 1.82) is 0 Å². The van der Waals surface area contributed by atoms with Crippen LogP contribution in [0.2, 0.25) is 0 Å². The third-order valence-electron chi connectivity index (χ3n) is 2.58. The third-order valence-corrected chi connectivity index (χ3v) is 2.58. The summed E-state index contributed by atoms with van der Waals surface area (Å²) in [6.07, 6.45) is 0.810. The Kier molecular flexibility index (Phi) is 2.06. The Bertz CT molecular complexity index is 304. The Morgan fingerprint density at radius 2 is 2.15 bits per heavy atom. The molecule has 0 aromatic heterocycles. The van der Waals surface area contributed by atoms with E-state index in [1.165, 1.54) is 6.07 Å². The van der Waals surface area contributed by atoms with E-state index in [9.17, 15) is 4.39 Å². The van der Waals surface area contributed by atoms with Gasteiger partial charge in [0, 0.05) is 18.5 Å². The van der Waals surface area contributed by atoms with Crippen LogP contribution in [0, 0.1) is 5.82 Å². The lowest BCUT2D eigenvalue weighted by Gasteiger charge is -2.41. The summed E-state index contributed by atoms with van der Waals surface area (Å²) in [5.74, 6) is -0.229. The fourth-order valence-corrected chi connectivity index (χ4v) is 1.66. The van der Waals surface area contributed by atoms with Crippen LogP contribution in [0.3, 0.4) is 0 Å². The molecule has 70 valence electrons. The Hall–Kier alpha value is -0.930. The lowest BCUT2D eigenvalue weighted by Crippen LogP contribution is -2.47. The van der Waals surface area contributed by atoms with Gasteiger partial charge in [-0.2, -0.15) is 0 Å². The van der Waals surface area contributed by atoms with Crippen molar-refractivity contribution in [2.45, 2.75) is 12.0 Å². The SMILES string of the molecule is NCC1(c2ccccc2F)CCO1. The van der Waals surface area contributed by atoms with Gasteiger partial charge in [0.15, 0.2) is 0 Å². The van der Waals surface area contributed by atoms with Crippen molar-refractivity contribution >= 4 is 0 Å². The van der Waals surface area contributed by atoms with Crippen LogP contribution >= 0.6 is 0 Å². The topological polar surface area (TPSA) is 35.2 Å². The predicted octanol–water partition coefficient (Wildman–Crippen LogP) is 1.40. The van der Waals surface area contributed by atoms with E-state index < -0.39 is 5.60 Å². The highest BCUT2D eigenvalue weighted by molar-refractivity contribution is 5.26. The molecule has 2 N–H and O–H groups in total. The lowest BCUT2D eigenvalue weighted by molar-refractivity contribution is -0.148. The summed E-state index contributed by atoms with van der Waals surface area (Å²) >= 11 is 0. The van der Waals surface area contributed by atoms with Crippen molar-refractivity contribution < 1.29 is 9.13 Å². The van der Waals surface area contributed by atoms with Crippen molar-refractivity contribution in [3.8, 4) is 0 Å². The number of hydrogen-bond acceptors (Lipinski definition) is 2. The number of halogens is 1. The minimum absolute atomic E-state index is 0.229. The maximum absolute atomic E-state index is 13.4. The van der Waals surface area contributed by atoms with Gasteiger partial charge >= 0.3 is 0 Å². The van der Waals surface area contributed by atoms with Gasteiger partial charge in [-0.15, -0.1) is 0 Å². The maximum Gasteiger partial charge on any atom is 0.129 e. The fraction of sp³-hybridized carbons (Fsp3) is 0.400. The van der Waals surface area contributed by atoms with Crippen molar-refractivity contribution in [2.24, 2.45) is 5.73 Å². The maximum atomic E-state index is 13.4. The monoisotopic (exact) mass is 181 g/mol. The first-order chi connectivity index (χ1) is 6.28. The first kappa shape index (κ1) is 8.66. The zero-order chi connectivity index (χ0) is 9.31. The van der Waals surface area contributed by atoms with Crippen molar-refractivity contribution in [3.05, 3.63) is 35.6 Å². The first-order valence-electron chi connectivity index (χ1n) is 4.37. The lowest BCUT2D eigenvalue weighted by atomic mass is 9.86.